The molecule has 3 aliphatic rings. The van der Waals surface area contributed by atoms with E-state index >= 15 is 0 Å². The quantitative estimate of drug-likeness (QED) is 0.731. The number of esters is 1. The minimum Gasteiger partial charge on any atom is -0.464 e. The number of carbonyl (C=O) groups excluding carboxylic acids is 2. The van der Waals surface area contributed by atoms with Crippen LogP contribution < -0.4 is 0 Å². The first-order valence-corrected chi connectivity index (χ1v) is 7.51. The number of ether oxygens (including phenoxy) is 2. The van der Waals surface area contributed by atoms with Gasteiger partial charge in [0.15, 0.2) is 0 Å². The summed E-state index contributed by atoms with van der Waals surface area (Å²) in [6, 6.07) is -0.346. The molecule has 1 aliphatic carbocycles. The van der Waals surface area contributed by atoms with E-state index in [1.807, 2.05) is 20.8 Å². The largest absolute Gasteiger partial charge is 0.464 e. The smallest absolute Gasteiger partial charge is 0.411 e. The van der Waals surface area contributed by atoms with Crippen molar-refractivity contribution in [3.63, 3.8) is 0 Å². The van der Waals surface area contributed by atoms with E-state index in [1.165, 1.54) is 0 Å². The fraction of sp³-hybridized carbons (Fsp3) is 0.867. The molecule has 0 aromatic heterocycles. The monoisotopic (exact) mass is 283 g/mol. The van der Waals surface area contributed by atoms with Crippen molar-refractivity contribution in [1.82, 2.24) is 4.90 Å². The molecule has 1 saturated carbocycles. The van der Waals surface area contributed by atoms with Crippen molar-refractivity contribution in [3.05, 3.63) is 0 Å². The van der Waals surface area contributed by atoms with Crippen molar-refractivity contribution < 1.29 is 19.1 Å². The number of carbonyl (C=O) groups is 2. The minimum atomic E-state index is -0.549. The molecule has 3 fully saturated rings. The Hall–Kier alpha value is -1.26. The summed E-state index contributed by atoms with van der Waals surface area (Å²) in [7, 11) is 0. The lowest BCUT2D eigenvalue weighted by Gasteiger charge is -2.49. The van der Waals surface area contributed by atoms with E-state index in [9.17, 15) is 9.59 Å². The Morgan fingerprint density at radius 2 is 1.75 bits per heavy atom. The Morgan fingerprint density at radius 3 is 2.25 bits per heavy atom. The zero-order valence-electron chi connectivity index (χ0n) is 12.8. The second-order valence-electron chi connectivity index (χ2n) is 6.65. The number of rotatable bonds is 2. The summed E-state index contributed by atoms with van der Waals surface area (Å²) >= 11 is 0. The van der Waals surface area contributed by atoms with Gasteiger partial charge in [0.1, 0.15) is 11.6 Å². The lowest BCUT2D eigenvalue weighted by molar-refractivity contribution is -0.158. The van der Waals surface area contributed by atoms with Crippen molar-refractivity contribution >= 4 is 12.1 Å². The average Bonchev–Trinajstić information content (AvgIpc) is 2.37. The van der Waals surface area contributed by atoms with E-state index in [0.717, 1.165) is 25.7 Å². The van der Waals surface area contributed by atoms with Crippen molar-refractivity contribution in [2.24, 2.45) is 5.92 Å². The minimum absolute atomic E-state index is 0.115. The Balaban J connectivity index is 2.18. The summed E-state index contributed by atoms with van der Waals surface area (Å²) in [6.07, 6.45) is 3.52. The van der Waals surface area contributed by atoms with Gasteiger partial charge in [-0.1, -0.05) is 0 Å². The molecule has 2 heterocycles. The molecule has 1 unspecified atom stereocenters. The number of nitrogens with zero attached hydrogens (tertiary/aromatic N) is 1. The number of piperidine rings is 2. The Labute approximate surface area is 120 Å². The zero-order chi connectivity index (χ0) is 14.9. The zero-order valence-corrected chi connectivity index (χ0v) is 12.8. The third-order valence-electron chi connectivity index (χ3n) is 4.01. The first-order valence-electron chi connectivity index (χ1n) is 7.51. The molecular formula is C15H25NO4. The number of fused-ring (bicyclic) bond motifs is 3. The highest BCUT2D eigenvalue weighted by Crippen LogP contribution is 2.40. The molecular weight excluding hydrogens is 258 g/mol. The Kier molecular flexibility index (Phi) is 4.25. The predicted octanol–water partition coefficient (Wildman–Crippen LogP) is 2.73. The summed E-state index contributed by atoms with van der Waals surface area (Å²) in [5, 5.41) is 0. The van der Waals surface area contributed by atoms with Crippen LogP contribution in [0.4, 0.5) is 4.79 Å². The third-order valence-corrected chi connectivity index (χ3v) is 4.01. The molecule has 3 rings (SSSR count). The molecule has 2 saturated heterocycles. The highest BCUT2D eigenvalue weighted by molar-refractivity contribution is 5.82. The molecule has 1 atom stereocenters. The molecule has 2 bridgehead atoms. The number of amides is 1. The van der Waals surface area contributed by atoms with Gasteiger partial charge in [-0.2, -0.15) is 0 Å². The maximum atomic E-state index is 12.4. The van der Waals surface area contributed by atoms with Crippen LogP contribution in [0.3, 0.4) is 0 Å². The van der Waals surface area contributed by atoms with Gasteiger partial charge in [-0.3, -0.25) is 4.90 Å². The summed E-state index contributed by atoms with van der Waals surface area (Å²) in [6.45, 7) is 7.65. The fourth-order valence-electron chi connectivity index (χ4n) is 3.26. The van der Waals surface area contributed by atoms with Crippen molar-refractivity contribution in [2.45, 2.75) is 71.1 Å². The molecule has 5 heteroatoms. The van der Waals surface area contributed by atoms with Gasteiger partial charge < -0.3 is 9.47 Å². The van der Waals surface area contributed by atoms with Crippen LogP contribution in [-0.2, 0) is 14.3 Å². The molecule has 0 spiro atoms. The number of hydrogen-bond acceptors (Lipinski definition) is 4. The Morgan fingerprint density at radius 1 is 1.15 bits per heavy atom. The van der Waals surface area contributed by atoms with Gasteiger partial charge in [0.2, 0.25) is 0 Å². The van der Waals surface area contributed by atoms with E-state index < -0.39 is 11.6 Å². The number of hydrogen-bond donors (Lipinski definition) is 0. The van der Waals surface area contributed by atoms with Gasteiger partial charge in [0.05, 0.1) is 6.61 Å². The van der Waals surface area contributed by atoms with E-state index in [1.54, 1.807) is 11.8 Å². The topological polar surface area (TPSA) is 55.8 Å². The Bertz CT molecular complexity index is 380. The van der Waals surface area contributed by atoms with Crippen LogP contribution in [0.25, 0.3) is 0 Å². The standard InChI is InChI=1S/C15H25NO4/c1-5-19-13(17)12-10-6-8-11(9-7-10)16(12)14(18)20-15(2,3)4/h10-12H,5-9H2,1-4H3. The van der Waals surface area contributed by atoms with Crippen LogP contribution in [-0.4, -0.2) is 41.3 Å². The van der Waals surface area contributed by atoms with Crippen LogP contribution >= 0.6 is 0 Å². The molecule has 2 aliphatic heterocycles. The highest BCUT2D eigenvalue weighted by atomic mass is 16.6. The van der Waals surface area contributed by atoms with Gasteiger partial charge in [0.25, 0.3) is 0 Å². The van der Waals surface area contributed by atoms with Gasteiger partial charge in [0, 0.05) is 6.04 Å². The van der Waals surface area contributed by atoms with Gasteiger partial charge in [-0.05, 0) is 59.3 Å². The van der Waals surface area contributed by atoms with Gasteiger partial charge in [-0.25, -0.2) is 9.59 Å². The van der Waals surface area contributed by atoms with Crippen LogP contribution in [0.15, 0.2) is 0 Å². The lowest BCUT2D eigenvalue weighted by atomic mass is 9.75. The van der Waals surface area contributed by atoms with E-state index in [2.05, 4.69) is 0 Å². The van der Waals surface area contributed by atoms with E-state index in [4.69, 9.17) is 9.47 Å². The predicted molar refractivity (Wildman–Crippen MR) is 74.2 cm³/mol. The van der Waals surface area contributed by atoms with Gasteiger partial charge >= 0.3 is 12.1 Å². The molecule has 20 heavy (non-hydrogen) atoms. The fourth-order valence-corrected chi connectivity index (χ4v) is 3.26. The second kappa shape index (κ2) is 5.62. The van der Waals surface area contributed by atoms with Crippen molar-refractivity contribution in [1.29, 1.82) is 0 Å². The van der Waals surface area contributed by atoms with E-state index in [-0.39, 0.29) is 24.0 Å². The maximum Gasteiger partial charge on any atom is 0.411 e. The summed E-state index contributed by atoms with van der Waals surface area (Å²) in [5.74, 6) is -0.0701. The molecule has 0 aromatic rings. The van der Waals surface area contributed by atoms with E-state index in [0.29, 0.717) is 6.61 Å². The molecule has 5 nitrogen and oxygen atoms in total. The summed E-state index contributed by atoms with van der Waals surface area (Å²) in [4.78, 5) is 26.3. The molecule has 1 amide bonds. The molecule has 0 radical (unpaired) electrons. The van der Waals surface area contributed by atoms with Crippen LogP contribution in [0, 0.1) is 5.92 Å². The molecule has 0 N–H and O–H groups in total. The second-order valence-corrected chi connectivity index (χ2v) is 6.65. The normalized spacial score (nSPS) is 29.2. The van der Waals surface area contributed by atoms with Crippen LogP contribution in [0.2, 0.25) is 0 Å². The highest BCUT2D eigenvalue weighted by Gasteiger charge is 2.49. The summed E-state index contributed by atoms with van der Waals surface area (Å²) in [5.41, 5.74) is -0.549. The molecule has 0 aromatic carbocycles. The van der Waals surface area contributed by atoms with Crippen molar-refractivity contribution in [2.75, 3.05) is 6.61 Å². The lowest BCUT2D eigenvalue weighted by Crippen LogP contribution is -2.61. The molecule has 114 valence electrons. The van der Waals surface area contributed by atoms with Crippen LogP contribution in [0.5, 0.6) is 0 Å². The SMILES string of the molecule is CCOC(=O)C1C2CCC(CC2)N1C(=O)OC(C)(C)C. The average molecular weight is 283 g/mol. The summed E-state index contributed by atoms with van der Waals surface area (Å²) < 4.78 is 10.6. The maximum absolute atomic E-state index is 12.4. The first kappa shape index (κ1) is 15.1. The van der Waals surface area contributed by atoms with Crippen molar-refractivity contribution in [3.8, 4) is 0 Å². The van der Waals surface area contributed by atoms with Gasteiger partial charge in [-0.15, -0.1) is 0 Å². The first-order chi connectivity index (χ1) is 9.33. The van der Waals surface area contributed by atoms with Crippen LogP contribution in [0.1, 0.15) is 53.4 Å². The third kappa shape index (κ3) is 3.07.